The highest BCUT2D eigenvalue weighted by atomic mass is 16.6. The van der Waals surface area contributed by atoms with E-state index >= 15 is 0 Å². The van der Waals surface area contributed by atoms with Gasteiger partial charge in [0.2, 0.25) is 0 Å². The van der Waals surface area contributed by atoms with Crippen LogP contribution in [-0.4, -0.2) is 58.1 Å². The summed E-state index contributed by atoms with van der Waals surface area (Å²) in [6, 6.07) is 5.27. The van der Waals surface area contributed by atoms with E-state index in [4.69, 9.17) is 19.9 Å². The normalized spacial score (nSPS) is 21.6. The van der Waals surface area contributed by atoms with Gasteiger partial charge in [-0.2, -0.15) is 0 Å². The molecule has 0 spiro atoms. The Morgan fingerprint density at radius 2 is 2.17 bits per heavy atom. The maximum atomic E-state index is 12.0. The maximum Gasteiger partial charge on any atom is 0.414 e. The van der Waals surface area contributed by atoms with Gasteiger partial charge in [0.05, 0.1) is 25.9 Å². The van der Waals surface area contributed by atoms with Gasteiger partial charge in [-0.3, -0.25) is 9.69 Å². The highest BCUT2D eigenvalue weighted by Crippen LogP contribution is 2.35. The number of anilines is 2. The monoisotopic (exact) mass is 321 g/mol. The quantitative estimate of drug-likeness (QED) is 0.859. The number of benzene rings is 1. The van der Waals surface area contributed by atoms with Gasteiger partial charge in [0.1, 0.15) is 18.5 Å². The molecule has 1 aromatic rings. The molecule has 23 heavy (non-hydrogen) atoms. The molecule has 2 aliphatic rings. The van der Waals surface area contributed by atoms with Gasteiger partial charge in [0.15, 0.2) is 0 Å². The number of carbonyl (C=O) groups is 2. The molecule has 0 aromatic heterocycles. The molecule has 2 fully saturated rings. The number of amides is 2. The molecule has 0 saturated carbocycles. The first-order chi connectivity index (χ1) is 11.1. The SMILES string of the molecule is COc1cc(N2CCOCC2=O)ccc1N1CC(CN)OC1=O. The molecule has 2 heterocycles. The minimum absolute atomic E-state index is 0.0701. The Hall–Kier alpha value is -2.32. The van der Waals surface area contributed by atoms with Gasteiger partial charge in [-0.15, -0.1) is 0 Å². The highest BCUT2D eigenvalue weighted by Gasteiger charge is 2.33. The molecule has 8 nitrogen and oxygen atoms in total. The average molecular weight is 321 g/mol. The van der Waals surface area contributed by atoms with E-state index < -0.39 is 6.09 Å². The molecule has 2 N–H and O–H groups in total. The zero-order valence-corrected chi connectivity index (χ0v) is 12.9. The summed E-state index contributed by atoms with van der Waals surface area (Å²) < 4.78 is 15.7. The van der Waals surface area contributed by atoms with Gasteiger partial charge in [-0.05, 0) is 12.1 Å². The Kier molecular flexibility index (Phi) is 4.35. The van der Waals surface area contributed by atoms with Crippen molar-refractivity contribution >= 4 is 23.4 Å². The summed E-state index contributed by atoms with van der Waals surface area (Å²) in [6.07, 6.45) is -0.776. The molecule has 2 amide bonds. The topological polar surface area (TPSA) is 94.3 Å². The fraction of sp³-hybridized carbons (Fsp3) is 0.467. The van der Waals surface area contributed by atoms with E-state index in [1.165, 1.54) is 12.0 Å². The third-order valence-corrected chi connectivity index (χ3v) is 3.89. The van der Waals surface area contributed by atoms with Gasteiger partial charge < -0.3 is 24.8 Å². The Balaban J connectivity index is 1.88. The van der Waals surface area contributed by atoms with Crippen molar-refractivity contribution in [2.45, 2.75) is 6.10 Å². The van der Waals surface area contributed by atoms with E-state index in [1.807, 2.05) is 0 Å². The second kappa shape index (κ2) is 6.43. The van der Waals surface area contributed by atoms with Crippen LogP contribution >= 0.6 is 0 Å². The second-order valence-corrected chi connectivity index (χ2v) is 5.31. The van der Waals surface area contributed by atoms with E-state index in [2.05, 4.69) is 0 Å². The predicted molar refractivity (Wildman–Crippen MR) is 82.8 cm³/mol. The molecule has 1 unspecified atom stereocenters. The Bertz CT molecular complexity index is 621. The highest BCUT2D eigenvalue weighted by molar-refractivity contribution is 5.96. The minimum atomic E-state index is -0.450. The predicted octanol–water partition coefficient (Wildman–Crippen LogP) is 0.342. The van der Waals surface area contributed by atoms with Crippen LogP contribution in [-0.2, 0) is 14.3 Å². The third kappa shape index (κ3) is 2.95. The maximum absolute atomic E-state index is 12.0. The van der Waals surface area contributed by atoms with Crippen molar-refractivity contribution in [3.63, 3.8) is 0 Å². The third-order valence-electron chi connectivity index (χ3n) is 3.89. The molecular formula is C15H19N3O5. The summed E-state index contributed by atoms with van der Waals surface area (Å²) in [6.45, 7) is 1.70. The number of cyclic esters (lactones) is 1. The Labute approximate surface area is 133 Å². The number of hydrogen-bond donors (Lipinski definition) is 1. The molecule has 0 bridgehead atoms. The lowest BCUT2D eigenvalue weighted by atomic mass is 10.2. The zero-order chi connectivity index (χ0) is 16.4. The molecule has 2 aliphatic heterocycles. The number of ether oxygens (including phenoxy) is 3. The number of carbonyl (C=O) groups excluding carboxylic acids is 2. The van der Waals surface area contributed by atoms with Crippen LogP contribution < -0.4 is 20.3 Å². The average Bonchev–Trinajstić information content (AvgIpc) is 2.95. The first-order valence-corrected chi connectivity index (χ1v) is 7.38. The Morgan fingerprint density at radius 1 is 1.35 bits per heavy atom. The van der Waals surface area contributed by atoms with Crippen LogP contribution in [0.3, 0.4) is 0 Å². The van der Waals surface area contributed by atoms with Crippen LogP contribution in [0.1, 0.15) is 0 Å². The van der Waals surface area contributed by atoms with Crippen molar-refractivity contribution in [1.29, 1.82) is 0 Å². The molecule has 2 saturated heterocycles. The molecule has 0 radical (unpaired) electrons. The molecule has 1 aromatic carbocycles. The standard InChI is InChI=1S/C15H19N3O5/c1-21-13-6-10(17-4-5-22-9-14(17)19)2-3-12(13)18-8-11(7-16)23-15(18)20/h2-3,6,11H,4-5,7-9,16H2,1H3. The van der Waals surface area contributed by atoms with Crippen LogP contribution in [0.15, 0.2) is 18.2 Å². The van der Waals surface area contributed by atoms with E-state index in [9.17, 15) is 9.59 Å². The number of hydrogen-bond acceptors (Lipinski definition) is 6. The van der Waals surface area contributed by atoms with Crippen molar-refractivity contribution in [1.82, 2.24) is 0 Å². The fourth-order valence-electron chi connectivity index (χ4n) is 2.69. The number of rotatable bonds is 4. The van der Waals surface area contributed by atoms with Crippen molar-refractivity contribution in [3.8, 4) is 5.75 Å². The summed E-state index contributed by atoms with van der Waals surface area (Å²) in [5.41, 5.74) is 6.86. The molecular weight excluding hydrogens is 302 g/mol. The molecule has 3 rings (SSSR count). The first-order valence-electron chi connectivity index (χ1n) is 7.38. The van der Waals surface area contributed by atoms with Gasteiger partial charge in [0.25, 0.3) is 5.91 Å². The van der Waals surface area contributed by atoms with Crippen molar-refractivity contribution in [3.05, 3.63) is 18.2 Å². The van der Waals surface area contributed by atoms with Crippen LogP contribution in [0.5, 0.6) is 5.75 Å². The summed E-state index contributed by atoms with van der Waals surface area (Å²) in [4.78, 5) is 27.0. The smallest absolute Gasteiger partial charge is 0.414 e. The minimum Gasteiger partial charge on any atom is -0.494 e. The van der Waals surface area contributed by atoms with Crippen LogP contribution in [0.4, 0.5) is 16.2 Å². The first kappa shape index (κ1) is 15.6. The molecule has 124 valence electrons. The van der Waals surface area contributed by atoms with E-state index in [-0.39, 0.29) is 25.2 Å². The summed E-state index contributed by atoms with van der Waals surface area (Å²) in [7, 11) is 1.52. The van der Waals surface area contributed by atoms with Crippen molar-refractivity contribution < 1.29 is 23.8 Å². The van der Waals surface area contributed by atoms with Crippen molar-refractivity contribution in [2.24, 2.45) is 5.73 Å². The van der Waals surface area contributed by atoms with Gasteiger partial charge in [-0.25, -0.2) is 4.79 Å². The van der Waals surface area contributed by atoms with Gasteiger partial charge >= 0.3 is 6.09 Å². The number of methoxy groups -OCH3 is 1. The van der Waals surface area contributed by atoms with E-state index in [1.54, 1.807) is 23.1 Å². The van der Waals surface area contributed by atoms with Crippen LogP contribution in [0, 0.1) is 0 Å². The lowest BCUT2D eigenvalue weighted by Gasteiger charge is -2.28. The number of nitrogens with zero attached hydrogens (tertiary/aromatic N) is 2. The van der Waals surface area contributed by atoms with Crippen molar-refractivity contribution in [2.75, 3.05) is 49.8 Å². The molecule has 0 aliphatic carbocycles. The fourth-order valence-corrected chi connectivity index (χ4v) is 2.69. The lowest BCUT2D eigenvalue weighted by molar-refractivity contribution is -0.125. The summed E-state index contributed by atoms with van der Waals surface area (Å²) >= 11 is 0. The van der Waals surface area contributed by atoms with E-state index in [0.717, 1.165) is 0 Å². The zero-order valence-electron chi connectivity index (χ0n) is 12.9. The van der Waals surface area contributed by atoms with Crippen LogP contribution in [0.25, 0.3) is 0 Å². The largest absolute Gasteiger partial charge is 0.494 e. The second-order valence-electron chi connectivity index (χ2n) is 5.31. The Morgan fingerprint density at radius 3 is 2.83 bits per heavy atom. The lowest BCUT2D eigenvalue weighted by Crippen LogP contribution is -2.41. The van der Waals surface area contributed by atoms with Crippen LogP contribution in [0.2, 0.25) is 0 Å². The molecule has 8 heteroatoms. The van der Waals surface area contributed by atoms with E-state index in [0.29, 0.717) is 36.8 Å². The summed E-state index contributed by atoms with van der Waals surface area (Å²) in [5, 5.41) is 0. The molecule has 1 atom stereocenters. The number of morpholine rings is 1. The van der Waals surface area contributed by atoms with Gasteiger partial charge in [-0.1, -0.05) is 0 Å². The van der Waals surface area contributed by atoms with Gasteiger partial charge in [0, 0.05) is 24.8 Å². The number of nitrogens with two attached hydrogens (primary N) is 1. The summed E-state index contributed by atoms with van der Waals surface area (Å²) in [5.74, 6) is 0.395.